The third-order valence-electron chi connectivity index (χ3n) is 3.40. The summed E-state index contributed by atoms with van der Waals surface area (Å²) in [6.07, 6.45) is 1.95. The van der Waals surface area contributed by atoms with Gasteiger partial charge in [-0.3, -0.25) is 4.79 Å². The predicted octanol–water partition coefficient (Wildman–Crippen LogP) is 3.03. The van der Waals surface area contributed by atoms with Gasteiger partial charge in [0.15, 0.2) is 0 Å². The number of rotatable bonds is 8. The largest absolute Gasteiger partial charge is 0.491 e. The van der Waals surface area contributed by atoms with E-state index in [-0.39, 0.29) is 24.0 Å². The van der Waals surface area contributed by atoms with Gasteiger partial charge in [-0.15, -0.1) is 0 Å². The molecule has 2 unspecified atom stereocenters. The minimum Gasteiger partial charge on any atom is -0.491 e. The molecule has 0 aliphatic carbocycles. The standard InChI is InChI=1S/C17H28N2O2/c1-5-6-15(11-18)17(20)19-13(4)14-7-9-16(10-8-14)21-12(2)3/h7-10,12-13,15H,5-6,11,18H2,1-4H3,(H,19,20). The van der Waals surface area contributed by atoms with Crippen LogP contribution < -0.4 is 15.8 Å². The van der Waals surface area contributed by atoms with Crippen molar-refractivity contribution >= 4 is 5.91 Å². The summed E-state index contributed by atoms with van der Waals surface area (Å²) in [5.74, 6) is 0.786. The molecular formula is C17H28N2O2. The normalized spacial score (nSPS) is 13.8. The van der Waals surface area contributed by atoms with Gasteiger partial charge in [0, 0.05) is 6.54 Å². The van der Waals surface area contributed by atoms with Gasteiger partial charge in [0.25, 0.3) is 0 Å². The van der Waals surface area contributed by atoms with Gasteiger partial charge >= 0.3 is 0 Å². The first-order valence-electron chi connectivity index (χ1n) is 7.75. The van der Waals surface area contributed by atoms with Crippen molar-refractivity contribution in [3.05, 3.63) is 29.8 Å². The van der Waals surface area contributed by atoms with Gasteiger partial charge in [-0.1, -0.05) is 25.5 Å². The zero-order chi connectivity index (χ0) is 15.8. The number of hydrogen-bond acceptors (Lipinski definition) is 3. The number of hydrogen-bond donors (Lipinski definition) is 2. The molecule has 2 atom stereocenters. The average molecular weight is 292 g/mol. The number of nitrogens with one attached hydrogen (secondary N) is 1. The minimum atomic E-state index is -0.0963. The van der Waals surface area contributed by atoms with Crippen LogP contribution in [-0.4, -0.2) is 18.6 Å². The molecule has 118 valence electrons. The molecule has 0 radical (unpaired) electrons. The summed E-state index contributed by atoms with van der Waals surface area (Å²) in [5, 5.41) is 3.03. The van der Waals surface area contributed by atoms with Gasteiger partial charge in [-0.25, -0.2) is 0 Å². The minimum absolute atomic E-state index is 0.0310. The fraction of sp³-hybridized carbons (Fsp3) is 0.588. The zero-order valence-corrected chi connectivity index (χ0v) is 13.6. The van der Waals surface area contributed by atoms with Crippen molar-refractivity contribution in [2.24, 2.45) is 11.7 Å². The van der Waals surface area contributed by atoms with Crippen LogP contribution in [0.1, 0.15) is 52.1 Å². The monoisotopic (exact) mass is 292 g/mol. The fourth-order valence-corrected chi connectivity index (χ4v) is 2.23. The van der Waals surface area contributed by atoms with Gasteiger partial charge in [0.1, 0.15) is 5.75 Å². The first-order valence-corrected chi connectivity index (χ1v) is 7.75. The first kappa shape index (κ1) is 17.5. The lowest BCUT2D eigenvalue weighted by atomic mass is 10.0. The Kier molecular flexibility index (Phi) is 7.23. The Labute approximate surface area is 128 Å². The van der Waals surface area contributed by atoms with Crippen LogP contribution in [0.5, 0.6) is 5.75 Å². The third kappa shape index (κ3) is 5.76. The van der Waals surface area contributed by atoms with Crippen LogP contribution in [-0.2, 0) is 4.79 Å². The van der Waals surface area contributed by atoms with Gasteiger partial charge in [-0.05, 0) is 44.9 Å². The summed E-state index contributed by atoms with van der Waals surface area (Å²) in [6, 6.07) is 7.81. The number of amides is 1. The number of ether oxygens (including phenoxy) is 1. The van der Waals surface area contributed by atoms with E-state index in [0.717, 1.165) is 24.2 Å². The summed E-state index contributed by atoms with van der Waals surface area (Å²) in [7, 11) is 0. The molecule has 0 saturated carbocycles. The molecule has 0 saturated heterocycles. The van der Waals surface area contributed by atoms with Crippen LogP contribution in [0.25, 0.3) is 0 Å². The number of benzene rings is 1. The summed E-state index contributed by atoms with van der Waals surface area (Å²) >= 11 is 0. The number of nitrogens with two attached hydrogens (primary N) is 1. The topological polar surface area (TPSA) is 64.4 Å². The molecule has 0 aromatic heterocycles. The van der Waals surface area contributed by atoms with Crippen molar-refractivity contribution in [2.45, 2.75) is 52.7 Å². The summed E-state index contributed by atoms with van der Waals surface area (Å²) < 4.78 is 5.61. The van der Waals surface area contributed by atoms with Gasteiger partial charge in [-0.2, -0.15) is 0 Å². The van der Waals surface area contributed by atoms with Crippen LogP contribution in [0.3, 0.4) is 0 Å². The molecule has 1 aromatic carbocycles. The molecule has 4 nitrogen and oxygen atoms in total. The maximum Gasteiger partial charge on any atom is 0.224 e. The molecule has 1 rings (SSSR count). The third-order valence-corrected chi connectivity index (χ3v) is 3.40. The molecule has 0 spiro atoms. The van der Waals surface area contributed by atoms with E-state index in [1.165, 1.54) is 0 Å². The number of carbonyl (C=O) groups excluding carboxylic acids is 1. The fourth-order valence-electron chi connectivity index (χ4n) is 2.23. The highest BCUT2D eigenvalue weighted by Crippen LogP contribution is 2.19. The van der Waals surface area contributed by atoms with Crippen molar-refractivity contribution in [1.29, 1.82) is 0 Å². The summed E-state index contributed by atoms with van der Waals surface area (Å²) in [6.45, 7) is 8.44. The van der Waals surface area contributed by atoms with E-state index in [2.05, 4.69) is 12.2 Å². The van der Waals surface area contributed by atoms with E-state index in [4.69, 9.17) is 10.5 Å². The molecule has 3 N–H and O–H groups in total. The van der Waals surface area contributed by atoms with Gasteiger partial charge in [0.2, 0.25) is 5.91 Å². The van der Waals surface area contributed by atoms with Crippen LogP contribution in [0.15, 0.2) is 24.3 Å². The number of carbonyl (C=O) groups is 1. The second kappa shape index (κ2) is 8.67. The Morgan fingerprint density at radius 2 is 1.86 bits per heavy atom. The maximum atomic E-state index is 12.1. The van der Waals surface area contributed by atoms with Gasteiger partial charge < -0.3 is 15.8 Å². The molecule has 0 aliphatic rings. The van der Waals surface area contributed by atoms with Crippen molar-refractivity contribution in [1.82, 2.24) is 5.32 Å². The molecule has 0 aliphatic heterocycles. The lowest BCUT2D eigenvalue weighted by Crippen LogP contribution is -2.36. The van der Waals surface area contributed by atoms with Crippen LogP contribution >= 0.6 is 0 Å². The summed E-state index contributed by atoms with van der Waals surface area (Å²) in [5.41, 5.74) is 6.72. The second-order valence-electron chi connectivity index (χ2n) is 5.69. The Bertz CT molecular complexity index is 429. The van der Waals surface area contributed by atoms with Crippen molar-refractivity contribution in [3.63, 3.8) is 0 Å². The van der Waals surface area contributed by atoms with Crippen molar-refractivity contribution in [2.75, 3.05) is 6.54 Å². The van der Waals surface area contributed by atoms with E-state index in [0.29, 0.717) is 6.54 Å². The molecule has 0 heterocycles. The summed E-state index contributed by atoms with van der Waals surface area (Å²) in [4.78, 5) is 12.1. The Hall–Kier alpha value is -1.55. The van der Waals surface area contributed by atoms with E-state index in [1.54, 1.807) is 0 Å². The molecule has 4 heteroatoms. The highest BCUT2D eigenvalue weighted by atomic mass is 16.5. The van der Waals surface area contributed by atoms with Crippen molar-refractivity contribution in [3.8, 4) is 5.75 Å². The lowest BCUT2D eigenvalue weighted by Gasteiger charge is -2.19. The second-order valence-corrected chi connectivity index (χ2v) is 5.69. The Morgan fingerprint density at radius 3 is 2.33 bits per heavy atom. The van der Waals surface area contributed by atoms with Gasteiger partial charge in [0.05, 0.1) is 18.1 Å². The Balaban J connectivity index is 2.62. The highest BCUT2D eigenvalue weighted by molar-refractivity contribution is 5.79. The molecule has 0 bridgehead atoms. The van der Waals surface area contributed by atoms with Crippen LogP contribution in [0.2, 0.25) is 0 Å². The van der Waals surface area contributed by atoms with E-state index < -0.39 is 0 Å². The molecule has 1 amide bonds. The lowest BCUT2D eigenvalue weighted by molar-refractivity contribution is -0.125. The Morgan fingerprint density at radius 1 is 1.24 bits per heavy atom. The van der Waals surface area contributed by atoms with E-state index >= 15 is 0 Å². The molecule has 21 heavy (non-hydrogen) atoms. The molecule has 0 fully saturated rings. The molecular weight excluding hydrogens is 264 g/mol. The van der Waals surface area contributed by atoms with E-state index in [9.17, 15) is 4.79 Å². The van der Waals surface area contributed by atoms with E-state index in [1.807, 2.05) is 45.0 Å². The van der Waals surface area contributed by atoms with Crippen molar-refractivity contribution < 1.29 is 9.53 Å². The van der Waals surface area contributed by atoms with Crippen LogP contribution in [0, 0.1) is 5.92 Å². The first-order chi connectivity index (χ1) is 9.97. The quantitative estimate of drug-likeness (QED) is 0.774. The zero-order valence-electron chi connectivity index (χ0n) is 13.6. The maximum absolute atomic E-state index is 12.1. The SMILES string of the molecule is CCCC(CN)C(=O)NC(C)c1ccc(OC(C)C)cc1. The average Bonchev–Trinajstić information content (AvgIpc) is 2.44. The predicted molar refractivity (Wildman–Crippen MR) is 86.2 cm³/mol. The van der Waals surface area contributed by atoms with Crippen LogP contribution in [0.4, 0.5) is 0 Å². The molecule has 1 aromatic rings. The smallest absolute Gasteiger partial charge is 0.224 e. The highest BCUT2D eigenvalue weighted by Gasteiger charge is 2.18.